The quantitative estimate of drug-likeness (QED) is 0.0398. The van der Waals surface area contributed by atoms with Crippen molar-refractivity contribution in [2.24, 2.45) is 10.8 Å². The predicted octanol–water partition coefficient (Wildman–Crippen LogP) is -2.30. The average Bonchev–Trinajstić information content (AvgIpc) is 3.20. The first-order chi connectivity index (χ1) is 28.2. The number of nitrogens with one attached hydrogen (secondary N) is 5. The van der Waals surface area contributed by atoms with E-state index in [1.165, 1.54) is 58.2 Å². The van der Waals surface area contributed by atoms with Gasteiger partial charge in [0.05, 0.1) is 44.5 Å². The van der Waals surface area contributed by atoms with Gasteiger partial charge in [-0.2, -0.15) is 4.98 Å². The first-order valence-corrected chi connectivity index (χ1v) is 18.4. The number of fused-ring (bicyclic) bond motifs is 1. The number of hydrogen-bond acceptors (Lipinski definition) is 19. The Labute approximate surface area is 341 Å². The van der Waals surface area contributed by atoms with Crippen molar-refractivity contribution in [3.05, 3.63) is 52.1 Å². The molecule has 0 aliphatic rings. The third-order valence-electron chi connectivity index (χ3n) is 8.83. The summed E-state index contributed by atoms with van der Waals surface area (Å²) in [5.41, 5.74) is 3.59. The van der Waals surface area contributed by atoms with Gasteiger partial charge in [-0.05, 0) is 30.7 Å². The van der Waals surface area contributed by atoms with Crippen LogP contribution in [0.1, 0.15) is 69.4 Å². The molecule has 0 saturated heterocycles. The minimum Gasteiger partial charge on any atom is -0.396 e. The maximum atomic E-state index is 13.2. The number of esters is 4. The number of hydrogen-bond donors (Lipinski definition) is 10. The minimum atomic E-state index is -1.64. The summed E-state index contributed by atoms with van der Waals surface area (Å²) in [4.78, 5) is 115. The van der Waals surface area contributed by atoms with Gasteiger partial charge in [-0.3, -0.25) is 33.6 Å². The van der Waals surface area contributed by atoms with Crippen LogP contribution in [0.2, 0.25) is 0 Å². The molecule has 0 aliphatic carbocycles. The largest absolute Gasteiger partial charge is 0.396 e. The van der Waals surface area contributed by atoms with Crippen LogP contribution >= 0.6 is 0 Å². The number of carbonyl (C=O) groups is 7. The van der Waals surface area contributed by atoms with Crippen molar-refractivity contribution in [2.75, 3.05) is 37.4 Å². The van der Waals surface area contributed by atoms with Gasteiger partial charge in [-0.25, -0.2) is 14.8 Å². The molecule has 2 aromatic heterocycles. The van der Waals surface area contributed by atoms with Crippen LogP contribution in [0.4, 0.5) is 11.6 Å². The molecule has 23 nitrogen and oxygen atoms in total. The summed E-state index contributed by atoms with van der Waals surface area (Å²) >= 11 is 0. The van der Waals surface area contributed by atoms with E-state index in [0.717, 1.165) is 0 Å². The summed E-state index contributed by atoms with van der Waals surface area (Å²) in [6, 6.07) is 4.17. The van der Waals surface area contributed by atoms with Gasteiger partial charge < -0.3 is 61.9 Å². The van der Waals surface area contributed by atoms with Crippen molar-refractivity contribution in [3.63, 3.8) is 0 Å². The van der Waals surface area contributed by atoms with Crippen LogP contribution in [0.3, 0.4) is 0 Å². The van der Waals surface area contributed by atoms with E-state index in [1.54, 1.807) is 0 Å². The van der Waals surface area contributed by atoms with E-state index in [-0.39, 0.29) is 42.3 Å². The second-order valence-corrected chi connectivity index (χ2v) is 14.8. The van der Waals surface area contributed by atoms with Crippen LogP contribution in [0.5, 0.6) is 0 Å². The smallest absolute Gasteiger partial charge is 0.336 e. The van der Waals surface area contributed by atoms with Gasteiger partial charge in [0.2, 0.25) is 17.8 Å². The van der Waals surface area contributed by atoms with Gasteiger partial charge in [0.15, 0.2) is 11.2 Å². The summed E-state index contributed by atoms with van der Waals surface area (Å²) < 4.78 is 9.59. The molecule has 0 bridgehead atoms. The molecule has 3 aromatic rings. The van der Waals surface area contributed by atoms with Crippen molar-refractivity contribution < 1.29 is 63.5 Å². The zero-order chi connectivity index (χ0) is 44.8. The first kappa shape index (κ1) is 47.9. The highest BCUT2D eigenvalue weighted by Crippen LogP contribution is 2.20. The number of carbonyl (C=O) groups excluding carboxylic acids is 7. The molecule has 3 rings (SSSR count). The molecule has 0 fully saturated rings. The van der Waals surface area contributed by atoms with Crippen LogP contribution in [0.25, 0.3) is 11.2 Å². The highest BCUT2D eigenvalue weighted by atomic mass is 16.6. The Morgan fingerprint density at radius 2 is 1.33 bits per heavy atom. The molecule has 60 heavy (non-hydrogen) atoms. The zero-order valence-electron chi connectivity index (χ0n) is 33.3. The Kier molecular flexibility index (Phi) is 17.2. The number of aliphatic hydroxyl groups excluding tert-OH is 4. The molecular formula is C37H49N9O14. The van der Waals surface area contributed by atoms with E-state index in [2.05, 4.69) is 41.2 Å². The minimum absolute atomic E-state index is 0.0165. The number of nitrogens with two attached hydrogens (primary N) is 1. The molecule has 2 heterocycles. The van der Waals surface area contributed by atoms with Gasteiger partial charge in [0.1, 0.15) is 18.2 Å². The number of H-pyrrole nitrogens is 1. The fourth-order valence-electron chi connectivity index (χ4n) is 4.86. The topological polar surface area (TPSA) is 365 Å². The van der Waals surface area contributed by atoms with E-state index in [4.69, 9.17) is 15.2 Å². The number of nitrogens with zero attached hydrogens (tertiary/aromatic N) is 3. The van der Waals surface area contributed by atoms with Crippen molar-refractivity contribution >= 4 is 64.4 Å². The summed E-state index contributed by atoms with van der Waals surface area (Å²) in [7, 11) is 0. The van der Waals surface area contributed by atoms with Crippen molar-refractivity contribution in [3.8, 4) is 0 Å². The van der Waals surface area contributed by atoms with Crippen molar-refractivity contribution in [1.29, 1.82) is 0 Å². The summed E-state index contributed by atoms with van der Waals surface area (Å²) in [6.07, 6.45) is -3.98. The van der Waals surface area contributed by atoms with Gasteiger partial charge in [0.25, 0.3) is 5.91 Å². The first-order valence-electron chi connectivity index (χ1n) is 18.4. The number of ether oxygens (including phenoxy) is 2. The molecule has 23 heteroatoms. The lowest BCUT2D eigenvalue weighted by atomic mass is 9.87. The fraction of sp³-hybridized carbons (Fsp3) is 0.486. The highest BCUT2D eigenvalue weighted by molar-refractivity contribution is 5.98. The number of rotatable bonds is 21. The summed E-state index contributed by atoms with van der Waals surface area (Å²) in [6.45, 7) is 4.18. The Morgan fingerprint density at radius 1 is 0.800 bits per heavy atom. The molecule has 3 atom stereocenters. The van der Waals surface area contributed by atoms with Gasteiger partial charge >= 0.3 is 29.4 Å². The number of aromatic nitrogens is 4. The Hall–Kier alpha value is -6.43. The maximum absolute atomic E-state index is 13.2. The van der Waals surface area contributed by atoms with E-state index in [1.807, 2.05) is 0 Å². The lowest BCUT2D eigenvalue weighted by molar-refractivity contribution is -0.161. The second kappa shape index (κ2) is 21.5. The van der Waals surface area contributed by atoms with Gasteiger partial charge in [-0.15, -0.1) is 0 Å². The number of aromatic amines is 1. The molecule has 3 amide bonds. The standard InChI is InChI=1S/C37H49N9O14/c1-36(2,17-47)27(52)32(56)39-13-11-24(50)59-23(49)10-9-22(34(58)60-25(51)12-14-40-33(57)28(53)37(3,4)18-48)44-30(54)19-5-7-20(8-6-19)41-15-21-16-42-29-26(43-21)31(55)46-35(38)45-29/h5-8,16,22,27-28,41,47-48,52-53H,9-15,17-18H2,1-4H3,(H,39,56)(H,40,57)(H,44,54)(H3,38,42,45,46,55)/t22-,27-,28-/m0/s1. The number of amides is 3. The van der Waals surface area contributed by atoms with E-state index in [9.17, 15) is 58.8 Å². The SMILES string of the molecule is CC(C)(CO)[C@@H](O)C(=O)NCCC(=O)OC(=O)CC[C@H](NC(=O)c1ccc(NCc2cnc3[nH]c(N)nc(=O)c3n2)cc1)C(=O)OC(=O)CCNC(=O)[C@H](O)C(C)(C)CO. The second-order valence-electron chi connectivity index (χ2n) is 14.8. The number of aliphatic hydroxyl groups is 4. The molecule has 1 aromatic carbocycles. The lowest BCUT2D eigenvalue weighted by Gasteiger charge is -2.27. The van der Waals surface area contributed by atoms with Crippen LogP contribution < -0.4 is 32.6 Å². The van der Waals surface area contributed by atoms with E-state index < -0.39 is 115 Å². The molecule has 0 radical (unpaired) electrons. The molecule has 0 spiro atoms. The maximum Gasteiger partial charge on any atom is 0.336 e. The number of nitrogen functional groups attached to an aromatic ring is 1. The van der Waals surface area contributed by atoms with Crippen molar-refractivity contribution in [1.82, 2.24) is 35.9 Å². The van der Waals surface area contributed by atoms with Crippen LogP contribution in [-0.4, -0.2) is 127 Å². The third kappa shape index (κ3) is 14.1. The predicted molar refractivity (Wildman–Crippen MR) is 208 cm³/mol. The molecule has 0 aliphatic heterocycles. The van der Waals surface area contributed by atoms with Crippen LogP contribution in [-0.2, 0) is 44.8 Å². The number of anilines is 2. The Balaban J connectivity index is 1.62. The van der Waals surface area contributed by atoms with Gasteiger partial charge in [0, 0.05) is 41.6 Å². The molecule has 11 N–H and O–H groups in total. The monoisotopic (exact) mass is 843 g/mol. The summed E-state index contributed by atoms with van der Waals surface area (Å²) in [5.74, 6) is -7.32. The van der Waals surface area contributed by atoms with E-state index in [0.29, 0.717) is 11.4 Å². The zero-order valence-corrected chi connectivity index (χ0v) is 33.3. The molecular weight excluding hydrogens is 794 g/mol. The van der Waals surface area contributed by atoms with Crippen LogP contribution in [0.15, 0.2) is 35.3 Å². The van der Waals surface area contributed by atoms with Gasteiger partial charge in [-0.1, -0.05) is 27.7 Å². The van der Waals surface area contributed by atoms with Crippen molar-refractivity contribution in [2.45, 2.75) is 78.2 Å². The fourth-order valence-corrected chi connectivity index (χ4v) is 4.86. The van der Waals surface area contributed by atoms with Crippen LogP contribution in [0, 0.1) is 10.8 Å². The normalized spacial score (nSPS) is 13.0. The highest BCUT2D eigenvalue weighted by Gasteiger charge is 2.34. The summed E-state index contributed by atoms with van der Waals surface area (Å²) in [5, 5.41) is 48.9. The Bertz CT molecular complexity index is 2110. The molecule has 0 saturated carbocycles. The lowest BCUT2D eigenvalue weighted by Crippen LogP contribution is -2.46. The third-order valence-corrected chi connectivity index (χ3v) is 8.83. The molecule has 0 unspecified atom stereocenters. The number of benzene rings is 1. The molecule has 326 valence electrons. The van der Waals surface area contributed by atoms with E-state index >= 15 is 0 Å². The Morgan fingerprint density at radius 3 is 1.88 bits per heavy atom. The average molecular weight is 844 g/mol.